The normalized spacial score (nSPS) is 16.8. The standard InChI is InChI=1S/C23H23ClN2O6/c1-15(23(29)25-7-9-30-10-8-25)26-19-11-16(5-6-21(19)32-14-22(26)28)20(27)13-31-18-4-2-3-17(24)12-18/h2-6,11-12,15H,7-10,13-14H2,1H3. The van der Waals surface area contributed by atoms with Crippen molar-refractivity contribution in [2.45, 2.75) is 13.0 Å². The lowest BCUT2D eigenvalue weighted by Gasteiger charge is -2.37. The molecule has 8 nitrogen and oxygen atoms in total. The predicted octanol–water partition coefficient (Wildman–Crippen LogP) is 2.57. The summed E-state index contributed by atoms with van der Waals surface area (Å²) in [5.74, 6) is 0.132. The minimum Gasteiger partial charge on any atom is -0.485 e. The SMILES string of the molecule is CC(C(=O)N1CCOCC1)N1C(=O)COc2ccc(C(=O)COc3cccc(Cl)c3)cc21. The molecule has 2 amide bonds. The molecule has 0 radical (unpaired) electrons. The molecule has 168 valence electrons. The number of Topliss-reactive ketones (excluding diaryl/α,β-unsaturated/α-hetero) is 1. The molecule has 1 saturated heterocycles. The van der Waals surface area contributed by atoms with E-state index in [9.17, 15) is 14.4 Å². The maximum Gasteiger partial charge on any atom is 0.265 e. The van der Waals surface area contributed by atoms with Crippen LogP contribution in [0.4, 0.5) is 5.69 Å². The van der Waals surface area contributed by atoms with E-state index >= 15 is 0 Å². The summed E-state index contributed by atoms with van der Waals surface area (Å²) in [4.78, 5) is 41.5. The van der Waals surface area contributed by atoms with Crippen molar-refractivity contribution in [3.8, 4) is 11.5 Å². The monoisotopic (exact) mass is 458 g/mol. The molecule has 4 rings (SSSR count). The third-order valence-corrected chi connectivity index (χ3v) is 5.63. The van der Waals surface area contributed by atoms with Gasteiger partial charge in [-0.15, -0.1) is 0 Å². The molecule has 1 unspecified atom stereocenters. The van der Waals surface area contributed by atoms with Crippen LogP contribution in [-0.4, -0.2) is 68.1 Å². The second-order valence-corrected chi connectivity index (χ2v) is 7.95. The maximum atomic E-state index is 13.0. The van der Waals surface area contributed by atoms with Gasteiger partial charge in [-0.2, -0.15) is 0 Å². The number of hydrogen-bond acceptors (Lipinski definition) is 6. The minimum atomic E-state index is -0.740. The fourth-order valence-corrected chi connectivity index (χ4v) is 3.90. The second-order valence-electron chi connectivity index (χ2n) is 7.52. The third-order valence-electron chi connectivity index (χ3n) is 5.39. The summed E-state index contributed by atoms with van der Waals surface area (Å²) in [7, 11) is 0. The van der Waals surface area contributed by atoms with E-state index in [2.05, 4.69) is 0 Å². The highest BCUT2D eigenvalue weighted by Crippen LogP contribution is 2.35. The molecule has 0 bridgehead atoms. The predicted molar refractivity (Wildman–Crippen MR) is 118 cm³/mol. The van der Waals surface area contributed by atoms with Crippen LogP contribution in [-0.2, 0) is 14.3 Å². The summed E-state index contributed by atoms with van der Waals surface area (Å²) in [6.45, 7) is 3.22. The topological polar surface area (TPSA) is 85.4 Å². The number of morpholine rings is 1. The van der Waals surface area contributed by atoms with Crippen LogP contribution < -0.4 is 14.4 Å². The highest BCUT2D eigenvalue weighted by Gasteiger charge is 2.36. The number of carbonyl (C=O) groups is 3. The van der Waals surface area contributed by atoms with Crippen molar-refractivity contribution in [3.05, 3.63) is 53.1 Å². The van der Waals surface area contributed by atoms with Crippen molar-refractivity contribution >= 4 is 34.9 Å². The summed E-state index contributed by atoms with van der Waals surface area (Å²) in [6.07, 6.45) is 0. The van der Waals surface area contributed by atoms with Gasteiger partial charge in [-0.1, -0.05) is 17.7 Å². The summed E-state index contributed by atoms with van der Waals surface area (Å²) in [5.41, 5.74) is 0.740. The van der Waals surface area contributed by atoms with E-state index in [1.54, 1.807) is 54.3 Å². The minimum absolute atomic E-state index is 0.168. The van der Waals surface area contributed by atoms with Gasteiger partial charge in [0.1, 0.15) is 17.5 Å². The zero-order valence-corrected chi connectivity index (χ0v) is 18.3. The third kappa shape index (κ3) is 4.71. The molecule has 0 saturated carbocycles. The van der Waals surface area contributed by atoms with Crippen molar-refractivity contribution in [3.63, 3.8) is 0 Å². The van der Waals surface area contributed by atoms with Crippen LogP contribution >= 0.6 is 11.6 Å². The highest BCUT2D eigenvalue weighted by atomic mass is 35.5. The first kappa shape index (κ1) is 22.1. The molecule has 2 heterocycles. The number of nitrogens with zero attached hydrogens (tertiary/aromatic N) is 2. The Hall–Kier alpha value is -3.10. The summed E-state index contributed by atoms with van der Waals surface area (Å²) >= 11 is 5.94. The number of rotatable bonds is 6. The Morgan fingerprint density at radius 1 is 1.16 bits per heavy atom. The fourth-order valence-electron chi connectivity index (χ4n) is 3.72. The van der Waals surface area contributed by atoms with Gasteiger partial charge in [-0.25, -0.2) is 0 Å². The average molecular weight is 459 g/mol. The van der Waals surface area contributed by atoms with Gasteiger partial charge in [0.25, 0.3) is 5.91 Å². The largest absolute Gasteiger partial charge is 0.485 e. The quantitative estimate of drug-likeness (QED) is 0.618. The molecule has 2 aliphatic heterocycles. The van der Waals surface area contributed by atoms with Crippen LogP contribution in [0.15, 0.2) is 42.5 Å². The van der Waals surface area contributed by atoms with E-state index in [-0.39, 0.29) is 30.8 Å². The Kier molecular flexibility index (Phi) is 6.62. The number of anilines is 1. The lowest BCUT2D eigenvalue weighted by atomic mass is 10.1. The van der Waals surface area contributed by atoms with Crippen molar-refractivity contribution in [2.24, 2.45) is 0 Å². The van der Waals surface area contributed by atoms with Gasteiger partial charge >= 0.3 is 0 Å². The van der Waals surface area contributed by atoms with Crippen LogP contribution in [0.5, 0.6) is 11.5 Å². The van der Waals surface area contributed by atoms with E-state index in [4.69, 9.17) is 25.8 Å². The molecular weight excluding hydrogens is 436 g/mol. The van der Waals surface area contributed by atoms with Gasteiger partial charge < -0.3 is 19.1 Å². The Morgan fingerprint density at radius 2 is 1.94 bits per heavy atom. The van der Waals surface area contributed by atoms with Crippen molar-refractivity contribution in [1.82, 2.24) is 4.90 Å². The smallest absolute Gasteiger partial charge is 0.265 e. The van der Waals surface area contributed by atoms with Crippen LogP contribution in [0.25, 0.3) is 0 Å². The molecule has 1 fully saturated rings. The molecule has 9 heteroatoms. The van der Waals surface area contributed by atoms with Gasteiger partial charge in [0.15, 0.2) is 19.0 Å². The zero-order valence-electron chi connectivity index (χ0n) is 17.6. The first-order chi connectivity index (χ1) is 15.4. The first-order valence-corrected chi connectivity index (χ1v) is 10.7. The molecule has 0 spiro atoms. The fraction of sp³-hybridized carbons (Fsp3) is 0.348. The molecule has 2 aliphatic rings. The van der Waals surface area contributed by atoms with E-state index < -0.39 is 6.04 Å². The van der Waals surface area contributed by atoms with Gasteiger partial charge in [0.05, 0.1) is 18.9 Å². The van der Waals surface area contributed by atoms with Gasteiger partial charge in [-0.05, 0) is 43.3 Å². The number of fused-ring (bicyclic) bond motifs is 1. The Bertz CT molecular complexity index is 1040. The number of halogens is 1. The van der Waals surface area contributed by atoms with Gasteiger partial charge in [-0.3, -0.25) is 19.3 Å². The van der Waals surface area contributed by atoms with Crippen molar-refractivity contribution < 1.29 is 28.6 Å². The van der Waals surface area contributed by atoms with Gasteiger partial charge in [0, 0.05) is 23.7 Å². The number of hydrogen-bond donors (Lipinski definition) is 0. The summed E-state index contributed by atoms with van der Waals surface area (Å²) < 4.78 is 16.4. The van der Waals surface area contributed by atoms with Crippen molar-refractivity contribution in [1.29, 1.82) is 0 Å². The summed E-state index contributed by atoms with van der Waals surface area (Å²) in [6, 6.07) is 10.8. The highest BCUT2D eigenvalue weighted by molar-refractivity contribution is 6.30. The number of ketones is 1. The van der Waals surface area contributed by atoms with Crippen LogP contribution in [0.3, 0.4) is 0 Å². The lowest BCUT2D eigenvalue weighted by Crippen LogP contribution is -2.54. The Balaban J connectivity index is 1.53. The Labute approximate surface area is 190 Å². The summed E-state index contributed by atoms with van der Waals surface area (Å²) in [5, 5.41) is 0.508. The molecule has 0 N–H and O–H groups in total. The lowest BCUT2D eigenvalue weighted by molar-refractivity contribution is -0.138. The zero-order chi connectivity index (χ0) is 22.7. The molecule has 32 heavy (non-hydrogen) atoms. The number of amides is 2. The van der Waals surface area contributed by atoms with E-state index in [1.165, 1.54) is 4.90 Å². The van der Waals surface area contributed by atoms with Crippen LogP contribution in [0.2, 0.25) is 5.02 Å². The van der Waals surface area contributed by atoms with Crippen LogP contribution in [0, 0.1) is 0 Å². The number of benzene rings is 2. The van der Waals surface area contributed by atoms with Crippen molar-refractivity contribution in [2.75, 3.05) is 44.4 Å². The Morgan fingerprint density at radius 3 is 2.69 bits per heavy atom. The number of ether oxygens (including phenoxy) is 3. The van der Waals surface area contributed by atoms with E-state index in [0.717, 1.165) is 0 Å². The van der Waals surface area contributed by atoms with E-state index in [1.807, 2.05) is 0 Å². The maximum absolute atomic E-state index is 13.0. The molecule has 0 aromatic heterocycles. The molecule has 1 atom stereocenters. The molecular formula is C23H23ClN2O6. The second kappa shape index (κ2) is 9.58. The molecule has 2 aromatic carbocycles. The van der Waals surface area contributed by atoms with E-state index in [0.29, 0.717) is 54.1 Å². The molecule has 0 aliphatic carbocycles. The van der Waals surface area contributed by atoms with Crippen LogP contribution in [0.1, 0.15) is 17.3 Å². The molecule has 2 aromatic rings. The van der Waals surface area contributed by atoms with Gasteiger partial charge in [0.2, 0.25) is 5.91 Å². The first-order valence-electron chi connectivity index (χ1n) is 10.3. The number of carbonyl (C=O) groups excluding carboxylic acids is 3. The average Bonchev–Trinajstić information content (AvgIpc) is 2.82.